The molecule has 0 bridgehead atoms. The second kappa shape index (κ2) is 6.59. The lowest BCUT2D eigenvalue weighted by atomic mass is 10.0. The molecule has 0 saturated carbocycles. The van der Waals surface area contributed by atoms with Gasteiger partial charge < -0.3 is 9.52 Å². The molecule has 112 valence electrons. The fourth-order valence-corrected chi connectivity index (χ4v) is 2.22. The molecule has 0 aliphatic heterocycles. The molecule has 1 N–H and O–H groups in total. The van der Waals surface area contributed by atoms with E-state index in [4.69, 9.17) is 9.52 Å². The SMILES string of the molecule is CC(C)c1ccc(CN(C)Cc2ccc(C(=O)O)o2)cc1. The highest BCUT2D eigenvalue weighted by molar-refractivity contribution is 5.84. The molecule has 0 spiro atoms. The summed E-state index contributed by atoms with van der Waals surface area (Å²) in [5, 5.41) is 8.83. The Hall–Kier alpha value is -2.07. The van der Waals surface area contributed by atoms with Crippen LogP contribution < -0.4 is 0 Å². The molecule has 1 aromatic heterocycles. The van der Waals surface area contributed by atoms with E-state index in [-0.39, 0.29) is 5.76 Å². The highest BCUT2D eigenvalue weighted by Crippen LogP contribution is 2.16. The molecule has 0 unspecified atom stereocenters. The van der Waals surface area contributed by atoms with E-state index in [0.29, 0.717) is 18.2 Å². The van der Waals surface area contributed by atoms with E-state index in [1.807, 2.05) is 7.05 Å². The number of aromatic carboxylic acids is 1. The second-order valence-electron chi connectivity index (χ2n) is 5.64. The number of nitrogens with zero attached hydrogens (tertiary/aromatic N) is 1. The van der Waals surface area contributed by atoms with Crippen LogP contribution in [-0.4, -0.2) is 23.0 Å². The van der Waals surface area contributed by atoms with Crippen LogP contribution in [0.15, 0.2) is 40.8 Å². The minimum atomic E-state index is -1.03. The van der Waals surface area contributed by atoms with Crippen molar-refractivity contribution in [1.82, 2.24) is 4.90 Å². The van der Waals surface area contributed by atoms with Gasteiger partial charge in [0.1, 0.15) is 5.76 Å². The van der Waals surface area contributed by atoms with Gasteiger partial charge >= 0.3 is 5.97 Å². The topological polar surface area (TPSA) is 53.7 Å². The van der Waals surface area contributed by atoms with E-state index in [1.54, 1.807) is 6.07 Å². The molecule has 1 heterocycles. The van der Waals surface area contributed by atoms with Crippen LogP contribution in [0.3, 0.4) is 0 Å². The van der Waals surface area contributed by atoms with Gasteiger partial charge in [-0.2, -0.15) is 0 Å². The molecule has 0 amide bonds. The Morgan fingerprint density at radius 2 is 1.81 bits per heavy atom. The van der Waals surface area contributed by atoms with Crippen molar-refractivity contribution in [2.24, 2.45) is 0 Å². The van der Waals surface area contributed by atoms with Gasteiger partial charge in [-0.3, -0.25) is 4.90 Å². The molecule has 0 saturated heterocycles. The minimum Gasteiger partial charge on any atom is -0.475 e. The fraction of sp³-hybridized carbons (Fsp3) is 0.353. The molecule has 21 heavy (non-hydrogen) atoms. The van der Waals surface area contributed by atoms with Crippen molar-refractivity contribution in [2.45, 2.75) is 32.9 Å². The van der Waals surface area contributed by atoms with Gasteiger partial charge in [0.2, 0.25) is 5.76 Å². The summed E-state index contributed by atoms with van der Waals surface area (Å²) in [6.45, 7) is 5.73. The summed E-state index contributed by atoms with van der Waals surface area (Å²) in [6, 6.07) is 11.8. The summed E-state index contributed by atoms with van der Waals surface area (Å²) in [7, 11) is 1.99. The van der Waals surface area contributed by atoms with Crippen LogP contribution in [0, 0.1) is 0 Å². The van der Waals surface area contributed by atoms with Gasteiger partial charge in [-0.25, -0.2) is 4.79 Å². The smallest absolute Gasteiger partial charge is 0.371 e. The summed E-state index contributed by atoms with van der Waals surface area (Å²) < 4.78 is 5.26. The first-order valence-electron chi connectivity index (χ1n) is 7.05. The molecule has 4 nitrogen and oxygen atoms in total. The second-order valence-corrected chi connectivity index (χ2v) is 5.64. The first-order valence-corrected chi connectivity index (χ1v) is 7.05. The number of hydrogen-bond acceptors (Lipinski definition) is 3. The number of carboxylic acids is 1. The zero-order chi connectivity index (χ0) is 15.4. The summed E-state index contributed by atoms with van der Waals surface area (Å²) in [6.07, 6.45) is 0. The molecule has 0 aliphatic rings. The van der Waals surface area contributed by atoms with E-state index in [0.717, 1.165) is 6.54 Å². The molecular formula is C17H21NO3. The van der Waals surface area contributed by atoms with E-state index in [2.05, 4.69) is 43.0 Å². The van der Waals surface area contributed by atoms with Crippen molar-refractivity contribution in [3.8, 4) is 0 Å². The van der Waals surface area contributed by atoms with Crippen LogP contribution in [0.2, 0.25) is 0 Å². The lowest BCUT2D eigenvalue weighted by molar-refractivity contribution is 0.0658. The zero-order valence-electron chi connectivity index (χ0n) is 12.7. The Morgan fingerprint density at radius 1 is 1.14 bits per heavy atom. The maximum Gasteiger partial charge on any atom is 0.371 e. The molecule has 0 atom stereocenters. The lowest BCUT2D eigenvalue weighted by Gasteiger charge is -2.15. The van der Waals surface area contributed by atoms with Crippen molar-refractivity contribution < 1.29 is 14.3 Å². The maximum atomic E-state index is 10.8. The Labute approximate surface area is 125 Å². The Bertz CT molecular complexity index is 599. The average Bonchev–Trinajstić information content (AvgIpc) is 2.87. The molecule has 0 fully saturated rings. The quantitative estimate of drug-likeness (QED) is 0.879. The normalized spacial score (nSPS) is 11.3. The summed E-state index contributed by atoms with van der Waals surface area (Å²) in [5.41, 5.74) is 2.56. The van der Waals surface area contributed by atoms with Crippen molar-refractivity contribution in [1.29, 1.82) is 0 Å². The van der Waals surface area contributed by atoms with Crippen LogP contribution in [0.1, 0.15) is 47.2 Å². The van der Waals surface area contributed by atoms with Gasteiger partial charge in [-0.05, 0) is 36.2 Å². The maximum absolute atomic E-state index is 10.8. The van der Waals surface area contributed by atoms with Crippen molar-refractivity contribution in [3.63, 3.8) is 0 Å². The largest absolute Gasteiger partial charge is 0.475 e. The van der Waals surface area contributed by atoms with E-state index >= 15 is 0 Å². The Kier molecular flexibility index (Phi) is 4.81. The molecule has 1 aromatic carbocycles. The average molecular weight is 287 g/mol. The molecule has 2 aromatic rings. The van der Waals surface area contributed by atoms with Gasteiger partial charge in [0, 0.05) is 6.54 Å². The predicted octanol–water partition coefficient (Wildman–Crippen LogP) is 3.73. The standard InChI is InChI=1S/C17H21NO3/c1-12(2)14-6-4-13(5-7-14)10-18(3)11-15-8-9-16(21-15)17(19)20/h4-9,12H,10-11H2,1-3H3,(H,19,20). The molecule has 4 heteroatoms. The summed E-state index contributed by atoms with van der Waals surface area (Å²) >= 11 is 0. The van der Waals surface area contributed by atoms with Crippen molar-refractivity contribution >= 4 is 5.97 Å². The van der Waals surface area contributed by atoms with Crippen LogP contribution in [0.25, 0.3) is 0 Å². The first-order chi connectivity index (χ1) is 9.95. The number of carbonyl (C=O) groups is 1. The predicted molar refractivity (Wildman–Crippen MR) is 81.4 cm³/mol. The Balaban J connectivity index is 1.94. The molecular weight excluding hydrogens is 266 g/mol. The number of benzene rings is 1. The summed E-state index contributed by atoms with van der Waals surface area (Å²) in [4.78, 5) is 12.9. The highest BCUT2D eigenvalue weighted by Gasteiger charge is 2.10. The van der Waals surface area contributed by atoms with Crippen LogP contribution in [-0.2, 0) is 13.1 Å². The monoisotopic (exact) mass is 287 g/mol. The van der Waals surface area contributed by atoms with Crippen LogP contribution >= 0.6 is 0 Å². The summed E-state index contributed by atoms with van der Waals surface area (Å²) in [5.74, 6) is 0.149. The third kappa shape index (κ3) is 4.20. The van der Waals surface area contributed by atoms with Gasteiger partial charge in [0.15, 0.2) is 0 Å². The molecule has 0 radical (unpaired) electrons. The Morgan fingerprint density at radius 3 is 2.33 bits per heavy atom. The molecule has 2 rings (SSSR count). The highest BCUT2D eigenvalue weighted by atomic mass is 16.4. The van der Waals surface area contributed by atoms with Gasteiger partial charge in [-0.1, -0.05) is 38.1 Å². The third-order valence-electron chi connectivity index (χ3n) is 3.40. The van der Waals surface area contributed by atoms with Crippen molar-refractivity contribution in [2.75, 3.05) is 7.05 Å². The fourth-order valence-electron chi connectivity index (χ4n) is 2.22. The van der Waals surface area contributed by atoms with Gasteiger partial charge in [-0.15, -0.1) is 0 Å². The van der Waals surface area contributed by atoms with E-state index in [9.17, 15) is 4.79 Å². The van der Waals surface area contributed by atoms with E-state index in [1.165, 1.54) is 17.2 Å². The van der Waals surface area contributed by atoms with Crippen molar-refractivity contribution in [3.05, 3.63) is 59.0 Å². The molecule has 0 aliphatic carbocycles. The minimum absolute atomic E-state index is 0.0142. The zero-order valence-corrected chi connectivity index (χ0v) is 12.7. The number of furan rings is 1. The number of hydrogen-bond donors (Lipinski definition) is 1. The van der Waals surface area contributed by atoms with Gasteiger partial charge in [0.05, 0.1) is 6.54 Å². The van der Waals surface area contributed by atoms with Crippen LogP contribution in [0.4, 0.5) is 0 Å². The number of rotatable bonds is 6. The van der Waals surface area contributed by atoms with Crippen LogP contribution in [0.5, 0.6) is 0 Å². The number of carboxylic acid groups (broad SMARTS) is 1. The van der Waals surface area contributed by atoms with Gasteiger partial charge in [0.25, 0.3) is 0 Å². The van der Waals surface area contributed by atoms with E-state index < -0.39 is 5.97 Å². The lowest BCUT2D eigenvalue weighted by Crippen LogP contribution is -2.16. The third-order valence-corrected chi connectivity index (χ3v) is 3.40. The first kappa shape index (κ1) is 15.3.